The molecule has 152 valence electrons. The highest BCUT2D eigenvalue weighted by Crippen LogP contribution is 2.38. The lowest BCUT2D eigenvalue weighted by atomic mass is 9.94. The van der Waals surface area contributed by atoms with E-state index in [1.54, 1.807) is 17.0 Å². The van der Waals surface area contributed by atoms with E-state index in [-0.39, 0.29) is 23.6 Å². The van der Waals surface area contributed by atoms with Crippen molar-refractivity contribution >= 4 is 22.4 Å². The normalized spacial score (nSPS) is 20.4. The quantitative estimate of drug-likeness (QED) is 0.668. The molecule has 0 spiro atoms. The zero-order valence-electron chi connectivity index (χ0n) is 17.1. The van der Waals surface area contributed by atoms with Gasteiger partial charge in [-0.15, -0.1) is 0 Å². The number of amides is 1. The maximum atomic E-state index is 13.1. The molecule has 2 bridgehead atoms. The van der Waals surface area contributed by atoms with Crippen molar-refractivity contribution in [3.8, 4) is 0 Å². The molecule has 5 heteroatoms. The summed E-state index contributed by atoms with van der Waals surface area (Å²) in [6, 6.07) is 16.5. The van der Waals surface area contributed by atoms with E-state index >= 15 is 0 Å². The van der Waals surface area contributed by atoms with Crippen LogP contribution in [0.3, 0.4) is 0 Å². The lowest BCUT2D eigenvalue weighted by Crippen LogP contribution is -2.43. The van der Waals surface area contributed by atoms with Crippen LogP contribution in [-0.4, -0.2) is 32.4 Å². The molecule has 2 aliphatic rings. The lowest BCUT2D eigenvalue weighted by molar-refractivity contribution is -0.133. The van der Waals surface area contributed by atoms with Gasteiger partial charge < -0.3 is 4.90 Å². The van der Waals surface area contributed by atoms with E-state index in [9.17, 15) is 9.59 Å². The number of hydrogen-bond donors (Lipinski definition) is 0. The van der Waals surface area contributed by atoms with Gasteiger partial charge in [0, 0.05) is 19.0 Å². The van der Waals surface area contributed by atoms with Gasteiger partial charge in [-0.05, 0) is 49.0 Å². The Balaban J connectivity index is 1.32. The lowest BCUT2D eigenvalue weighted by Gasteiger charge is -2.34. The summed E-state index contributed by atoms with van der Waals surface area (Å²) in [6.07, 6.45) is 7.12. The molecule has 5 nitrogen and oxygen atoms in total. The van der Waals surface area contributed by atoms with Crippen molar-refractivity contribution in [2.24, 2.45) is 0 Å². The number of para-hydroxylation sites is 1. The molecule has 30 heavy (non-hydrogen) atoms. The van der Waals surface area contributed by atoms with E-state index in [0.717, 1.165) is 30.3 Å². The molecule has 1 aromatic heterocycles. The Kier molecular flexibility index (Phi) is 4.74. The third-order valence-corrected chi connectivity index (χ3v) is 6.45. The number of aryl methyl sites for hydroxylation is 2. The van der Waals surface area contributed by atoms with Gasteiger partial charge in [0.15, 0.2) is 0 Å². The van der Waals surface area contributed by atoms with Crippen molar-refractivity contribution < 1.29 is 4.79 Å². The van der Waals surface area contributed by atoms with Crippen LogP contribution in [0.2, 0.25) is 0 Å². The van der Waals surface area contributed by atoms with Gasteiger partial charge in [-0.2, -0.15) is 0 Å². The molecule has 5 rings (SSSR count). The molecule has 0 radical (unpaired) electrons. The van der Waals surface area contributed by atoms with E-state index < -0.39 is 0 Å². The zero-order chi connectivity index (χ0) is 20.7. The monoisotopic (exact) mass is 399 g/mol. The molecular formula is C25H25N3O2. The zero-order valence-corrected chi connectivity index (χ0v) is 17.1. The van der Waals surface area contributed by atoms with Crippen molar-refractivity contribution in [1.29, 1.82) is 0 Å². The molecule has 2 unspecified atom stereocenters. The maximum absolute atomic E-state index is 13.1. The molecule has 2 atom stereocenters. The summed E-state index contributed by atoms with van der Waals surface area (Å²) in [6.45, 7) is 2.31. The third kappa shape index (κ3) is 3.24. The van der Waals surface area contributed by atoms with Gasteiger partial charge in [-0.3, -0.25) is 14.2 Å². The predicted octanol–water partition coefficient (Wildman–Crippen LogP) is 3.94. The number of fused-ring (bicyclic) bond motifs is 3. The average Bonchev–Trinajstić information content (AvgIpc) is 3.03. The number of carbonyl (C=O) groups excluding carboxylic acids is 1. The van der Waals surface area contributed by atoms with E-state index in [1.165, 1.54) is 11.1 Å². The van der Waals surface area contributed by atoms with Crippen LogP contribution in [0.5, 0.6) is 0 Å². The fourth-order valence-electron chi connectivity index (χ4n) is 4.93. The van der Waals surface area contributed by atoms with Gasteiger partial charge in [-0.1, -0.05) is 48.5 Å². The Bertz CT molecular complexity index is 1200. The molecule has 1 amide bonds. The molecule has 2 aromatic carbocycles. The second kappa shape index (κ2) is 7.56. The number of benzene rings is 2. The SMILES string of the molecule is Cc1cccc2c(=O)n(CCC(=O)N3C4C=C(c5ccccc5)CC3CC4)cnc12. The minimum atomic E-state index is -0.0793. The predicted molar refractivity (Wildman–Crippen MR) is 118 cm³/mol. The summed E-state index contributed by atoms with van der Waals surface area (Å²) in [5.41, 5.74) is 4.24. The van der Waals surface area contributed by atoms with Gasteiger partial charge in [0.25, 0.3) is 5.56 Å². The minimum absolute atomic E-state index is 0.0793. The van der Waals surface area contributed by atoms with E-state index in [2.05, 4.69) is 40.2 Å². The first kappa shape index (κ1) is 18.8. The van der Waals surface area contributed by atoms with Crippen molar-refractivity contribution in [1.82, 2.24) is 14.5 Å². The van der Waals surface area contributed by atoms with Gasteiger partial charge in [0.05, 0.1) is 23.3 Å². The molecule has 0 N–H and O–H groups in total. The van der Waals surface area contributed by atoms with Crippen LogP contribution in [0.15, 0.2) is 65.7 Å². The van der Waals surface area contributed by atoms with Crippen molar-refractivity contribution in [3.63, 3.8) is 0 Å². The molecule has 1 fully saturated rings. The highest BCUT2D eigenvalue weighted by Gasteiger charge is 2.39. The summed E-state index contributed by atoms with van der Waals surface area (Å²) in [5, 5.41) is 0.610. The first-order valence-electron chi connectivity index (χ1n) is 10.6. The Hall–Kier alpha value is -3.21. The standard InChI is InChI=1S/C25H25N3O2/c1-17-6-5-9-22-24(17)26-16-27(25(22)30)13-12-23(29)28-20-10-11-21(28)15-19(14-20)18-7-3-2-4-8-18/h2-9,14,16,20-21H,10-13,15H2,1H3. The van der Waals surface area contributed by atoms with Gasteiger partial charge in [-0.25, -0.2) is 4.98 Å². The first-order chi connectivity index (χ1) is 14.6. The topological polar surface area (TPSA) is 55.2 Å². The Labute approximate surface area is 175 Å². The fraction of sp³-hybridized carbons (Fsp3) is 0.320. The number of carbonyl (C=O) groups is 1. The molecule has 3 aromatic rings. The maximum Gasteiger partial charge on any atom is 0.261 e. The third-order valence-electron chi connectivity index (χ3n) is 6.45. The largest absolute Gasteiger partial charge is 0.333 e. The summed E-state index contributed by atoms with van der Waals surface area (Å²) < 4.78 is 1.57. The molecule has 2 aliphatic heterocycles. The van der Waals surface area contributed by atoms with Crippen LogP contribution in [0.25, 0.3) is 16.5 Å². The van der Waals surface area contributed by atoms with Gasteiger partial charge >= 0.3 is 0 Å². The van der Waals surface area contributed by atoms with E-state index in [0.29, 0.717) is 18.4 Å². The Morgan fingerprint density at radius 1 is 1.10 bits per heavy atom. The van der Waals surface area contributed by atoms with Gasteiger partial charge in [0.2, 0.25) is 5.91 Å². The summed E-state index contributed by atoms with van der Waals surface area (Å²) in [5.74, 6) is 0.127. The number of nitrogens with zero attached hydrogens (tertiary/aromatic N) is 3. The molecule has 0 aliphatic carbocycles. The van der Waals surface area contributed by atoms with Crippen LogP contribution in [0.4, 0.5) is 0 Å². The summed E-state index contributed by atoms with van der Waals surface area (Å²) in [7, 11) is 0. The summed E-state index contributed by atoms with van der Waals surface area (Å²) in [4.78, 5) is 32.4. The summed E-state index contributed by atoms with van der Waals surface area (Å²) >= 11 is 0. The van der Waals surface area contributed by atoms with Crippen molar-refractivity contribution in [2.75, 3.05) is 0 Å². The van der Waals surface area contributed by atoms with E-state index in [4.69, 9.17) is 0 Å². The van der Waals surface area contributed by atoms with Crippen LogP contribution >= 0.6 is 0 Å². The Morgan fingerprint density at radius 2 is 1.93 bits per heavy atom. The van der Waals surface area contributed by atoms with Crippen molar-refractivity contribution in [2.45, 2.75) is 51.2 Å². The van der Waals surface area contributed by atoms with Crippen molar-refractivity contribution in [3.05, 3.63) is 82.4 Å². The average molecular weight is 399 g/mol. The smallest absolute Gasteiger partial charge is 0.261 e. The van der Waals surface area contributed by atoms with Crippen LogP contribution in [0.1, 0.15) is 36.8 Å². The number of aromatic nitrogens is 2. The Morgan fingerprint density at radius 3 is 2.73 bits per heavy atom. The number of hydrogen-bond acceptors (Lipinski definition) is 3. The first-order valence-corrected chi connectivity index (χ1v) is 10.6. The molecule has 0 saturated carbocycles. The molecule has 1 saturated heterocycles. The highest BCUT2D eigenvalue weighted by molar-refractivity contribution is 5.81. The minimum Gasteiger partial charge on any atom is -0.333 e. The van der Waals surface area contributed by atoms with Crippen LogP contribution < -0.4 is 5.56 Å². The molecular weight excluding hydrogens is 374 g/mol. The van der Waals surface area contributed by atoms with Gasteiger partial charge in [0.1, 0.15) is 0 Å². The van der Waals surface area contributed by atoms with Crippen LogP contribution in [0, 0.1) is 6.92 Å². The van der Waals surface area contributed by atoms with E-state index in [1.807, 2.05) is 25.1 Å². The highest BCUT2D eigenvalue weighted by atomic mass is 16.2. The second-order valence-corrected chi connectivity index (χ2v) is 8.33. The number of rotatable bonds is 4. The second-order valence-electron chi connectivity index (χ2n) is 8.33. The fourth-order valence-corrected chi connectivity index (χ4v) is 4.93. The molecule has 3 heterocycles. The van der Waals surface area contributed by atoms with Crippen LogP contribution in [-0.2, 0) is 11.3 Å².